The molecule has 19 heavy (non-hydrogen) atoms. The average molecular weight is 258 g/mol. The zero-order chi connectivity index (χ0) is 13.4. The Labute approximate surface area is 107 Å². The van der Waals surface area contributed by atoms with E-state index in [0.717, 1.165) is 5.52 Å². The number of nitrogens with one attached hydrogen (secondary N) is 1. The Bertz CT molecular complexity index is 673. The van der Waals surface area contributed by atoms with Gasteiger partial charge in [-0.3, -0.25) is 9.59 Å². The van der Waals surface area contributed by atoms with Crippen molar-refractivity contribution in [3.05, 3.63) is 36.0 Å². The molecule has 2 aromatic rings. The van der Waals surface area contributed by atoms with Crippen molar-refractivity contribution in [1.29, 1.82) is 0 Å². The van der Waals surface area contributed by atoms with Crippen LogP contribution in [0.2, 0.25) is 0 Å². The number of H-pyrrole nitrogens is 1. The van der Waals surface area contributed by atoms with E-state index in [1.807, 2.05) is 6.07 Å². The van der Waals surface area contributed by atoms with Gasteiger partial charge >= 0.3 is 5.97 Å². The summed E-state index contributed by atoms with van der Waals surface area (Å²) in [5, 5.41) is 1.24. The summed E-state index contributed by atoms with van der Waals surface area (Å²) < 4.78 is 0. The van der Waals surface area contributed by atoms with E-state index in [0.29, 0.717) is 16.0 Å². The molecule has 1 fully saturated rings. The van der Waals surface area contributed by atoms with Gasteiger partial charge in [-0.15, -0.1) is 5.06 Å². The van der Waals surface area contributed by atoms with Crippen molar-refractivity contribution in [1.82, 2.24) is 10.0 Å². The summed E-state index contributed by atoms with van der Waals surface area (Å²) in [6.45, 7) is 0. The first-order valence-corrected chi connectivity index (χ1v) is 5.81. The van der Waals surface area contributed by atoms with Crippen molar-refractivity contribution >= 4 is 28.7 Å². The molecular weight excluding hydrogens is 248 g/mol. The predicted molar refractivity (Wildman–Crippen MR) is 64.8 cm³/mol. The van der Waals surface area contributed by atoms with Gasteiger partial charge in [-0.05, 0) is 18.2 Å². The molecule has 1 aromatic carbocycles. The van der Waals surface area contributed by atoms with Gasteiger partial charge in [-0.1, -0.05) is 6.07 Å². The molecule has 0 spiro atoms. The summed E-state index contributed by atoms with van der Waals surface area (Å²) >= 11 is 0. The van der Waals surface area contributed by atoms with Crippen molar-refractivity contribution < 1.29 is 19.2 Å². The molecule has 96 valence electrons. The van der Waals surface area contributed by atoms with Crippen LogP contribution in [0.15, 0.2) is 30.5 Å². The van der Waals surface area contributed by atoms with Crippen LogP contribution in [0.25, 0.3) is 10.9 Å². The topological polar surface area (TPSA) is 79.5 Å². The van der Waals surface area contributed by atoms with Gasteiger partial charge in [-0.2, -0.15) is 0 Å². The van der Waals surface area contributed by atoms with Crippen molar-refractivity contribution in [2.24, 2.45) is 0 Å². The number of fused-ring (bicyclic) bond motifs is 1. The maximum atomic E-state index is 12.0. The molecule has 0 saturated carbocycles. The van der Waals surface area contributed by atoms with Crippen LogP contribution in [0.3, 0.4) is 0 Å². The van der Waals surface area contributed by atoms with Crippen LogP contribution in [0.5, 0.6) is 0 Å². The van der Waals surface area contributed by atoms with E-state index < -0.39 is 17.8 Å². The fraction of sp³-hybridized carbons (Fsp3) is 0.154. The Kier molecular flexibility index (Phi) is 2.56. The Hall–Kier alpha value is -2.63. The minimum atomic E-state index is -0.714. The van der Waals surface area contributed by atoms with E-state index in [1.165, 1.54) is 0 Å². The summed E-state index contributed by atoms with van der Waals surface area (Å²) in [6, 6.07) is 6.84. The number of amides is 2. The monoisotopic (exact) mass is 258 g/mol. The highest BCUT2D eigenvalue weighted by Crippen LogP contribution is 2.20. The molecule has 1 N–H and O–H groups in total. The van der Waals surface area contributed by atoms with E-state index in [1.54, 1.807) is 24.4 Å². The Morgan fingerprint density at radius 3 is 2.63 bits per heavy atom. The van der Waals surface area contributed by atoms with E-state index in [-0.39, 0.29) is 12.8 Å². The molecule has 0 atom stereocenters. The van der Waals surface area contributed by atoms with Crippen LogP contribution in [0, 0.1) is 0 Å². The molecule has 6 heteroatoms. The number of rotatable bonds is 2. The predicted octanol–water partition coefficient (Wildman–Crippen LogP) is 1.39. The lowest BCUT2D eigenvalue weighted by atomic mass is 10.1. The first kappa shape index (κ1) is 11.5. The van der Waals surface area contributed by atoms with Crippen molar-refractivity contribution in [2.45, 2.75) is 12.8 Å². The summed E-state index contributed by atoms with van der Waals surface area (Å²) in [5.41, 5.74) is 1.10. The summed E-state index contributed by atoms with van der Waals surface area (Å²) in [5.74, 6) is -1.69. The third kappa shape index (κ3) is 1.87. The molecule has 6 nitrogen and oxygen atoms in total. The minimum Gasteiger partial charge on any atom is -0.361 e. The molecule has 0 bridgehead atoms. The third-order valence-corrected chi connectivity index (χ3v) is 2.99. The number of aromatic amines is 1. The lowest BCUT2D eigenvalue weighted by Gasteiger charge is -2.12. The Balaban J connectivity index is 1.90. The second-order valence-electron chi connectivity index (χ2n) is 4.21. The quantitative estimate of drug-likeness (QED) is 0.825. The van der Waals surface area contributed by atoms with Gasteiger partial charge in [0.05, 0.1) is 5.56 Å². The second kappa shape index (κ2) is 4.24. The number of hydrogen-bond donors (Lipinski definition) is 1. The maximum Gasteiger partial charge on any atom is 0.364 e. The van der Waals surface area contributed by atoms with E-state index in [2.05, 4.69) is 4.98 Å². The summed E-state index contributed by atoms with van der Waals surface area (Å²) in [6.07, 6.45) is 1.87. The number of benzene rings is 1. The normalized spacial score (nSPS) is 15.3. The van der Waals surface area contributed by atoms with Crippen molar-refractivity contribution in [2.75, 3.05) is 0 Å². The summed E-state index contributed by atoms with van der Waals surface area (Å²) in [4.78, 5) is 42.6. The van der Waals surface area contributed by atoms with Crippen LogP contribution >= 0.6 is 0 Å². The number of hydrogen-bond acceptors (Lipinski definition) is 4. The van der Waals surface area contributed by atoms with Gasteiger partial charge in [0, 0.05) is 29.9 Å². The highest BCUT2D eigenvalue weighted by molar-refractivity contribution is 6.06. The second-order valence-corrected chi connectivity index (χ2v) is 4.21. The lowest BCUT2D eigenvalue weighted by molar-refractivity contribution is -0.172. The number of aromatic nitrogens is 1. The number of imide groups is 1. The molecule has 0 aliphatic carbocycles. The first-order valence-electron chi connectivity index (χ1n) is 5.81. The van der Waals surface area contributed by atoms with Crippen molar-refractivity contribution in [3.63, 3.8) is 0 Å². The Morgan fingerprint density at radius 2 is 1.89 bits per heavy atom. The van der Waals surface area contributed by atoms with Crippen LogP contribution < -0.4 is 0 Å². The standard InChI is InChI=1S/C13H10N2O4/c16-11-4-5-12(17)15(11)19-13(18)9-2-1-3-10-8(9)6-7-14-10/h1-3,6-7,14H,4-5H2. The molecule has 1 aliphatic heterocycles. The van der Waals surface area contributed by atoms with Crippen LogP contribution in [0.4, 0.5) is 0 Å². The van der Waals surface area contributed by atoms with Gasteiger partial charge in [0.15, 0.2) is 0 Å². The molecule has 3 rings (SSSR count). The van der Waals surface area contributed by atoms with Crippen LogP contribution in [-0.4, -0.2) is 27.8 Å². The smallest absolute Gasteiger partial charge is 0.361 e. The Morgan fingerprint density at radius 1 is 1.16 bits per heavy atom. The lowest BCUT2D eigenvalue weighted by Crippen LogP contribution is -2.32. The van der Waals surface area contributed by atoms with E-state index >= 15 is 0 Å². The highest BCUT2D eigenvalue weighted by atomic mass is 16.7. The maximum absolute atomic E-state index is 12.0. The molecular formula is C13H10N2O4. The molecule has 0 radical (unpaired) electrons. The van der Waals surface area contributed by atoms with Crippen molar-refractivity contribution in [3.8, 4) is 0 Å². The number of nitrogens with zero attached hydrogens (tertiary/aromatic N) is 1. The number of hydroxylamine groups is 2. The van der Waals surface area contributed by atoms with Crippen LogP contribution in [0.1, 0.15) is 23.2 Å². The summed E-state index contributed by atoms with van der Waals surface area (Å²) in [7, 11) is 0. The molecule has 1 aromatic heterocycles. The minimum absolute atomic E-state index is 0.0838. The van der Waals surface area contributed by atoms with Gasteiger partial charge in [-0.25, -0.2) is 4.79 Å². The van der Waals surface area contributed by atoms with E-state index in [4.69, 9.17) is 4.84 Å². The first-order chi connectivity index (χ1) is 9.16. The number of carbonyl (C=O) groups is 3. The number of carbonyl (C=O) groups excluding carboxylic acids is 3. The van der Waals surface area contributed by atoms with E-state index in [9.17, 15) is 14.4 Å². The zero-order valence-electron chi connectivity index (χ0n) is 9.88. The largest absolute Gasteiger partial charge is 0.364 e. The third-order valence-electron chi connectivity index (χ3n) is 2.99. The fourth-order valence-corrected chi connectivity index (χ4v) is 2.05. The highest BCUT2D eigenvalue weighted by Gasteiger charge is 2.33. The SMILES string of the molecule is O=C(ON1C(=O)CCC1=O)c1cccc2[nH]ccc12. The molecule has 0 unspecified atom stereocenters. The zero-order valence-corrected chi connectivity index (χ0v) is 9.88. The van der Waals surface area contributed by atoms with Gasteiger partial charge < -0.3 is 9.82 Å². The molecule has 1 saturated heterocycles. The average Bonchev–Trinajstić information content (AvgIpc) is 2.99. The van der Waals surface area contributed by atoms with Gasteiger partial charge in [0.1, 0.15) is 0 Å². The fourth-order valence-electron chi connectivity index (χ4n) is 2.05. The van der Waals surface area contributed by atoms with Crippen LogP contribution in [-0.2, 0) is 14.4 Å². The van der Waals surface area contributed by atoms with Gasteiger partial charge in [0.25, 0.3) is 11.8 Å². The molecule has 1 aliphatic rings. The molecule has 2 amide bonds. The van der Waals surface area contributed by atoms with Gasteiger partial charge in [0.2, 0.25) is 0 Å². The molecule has 2 heterocycles.